The Hall–Kier alpha value is -2.22. The van der Waals surface area contributed by atoms with Crippen LogP contribution in [0.25, 0.3) is 11.0 Å². The number of rotatable bonds is 3. The fraction of sp³-hybridized carbons (Fsp3) is 0.176. The Morgan fingerprint density at radius 1 is 1.00 bits per heavy atom. The largest absolute Gasteiger partial charge is 0.485 e. The van der Waals surface area contributed by atoms with Gasteiger partial charge in [-0.3, -0.25) is 0 Å². The number of aryl methyl sites for hydroxylation is 2. The first-order valence-corrected chi connectivity index (χ1v) is 6.40. The highest BCUT2D eigenvalue weighted by Crippen LogP contribution is 2.23. The van der Waals surface area contributed by atoms with E-state index in [1.165, 1.54) is 5.56 Å². The van der Waals surface area contributed by atoms with Crippen LogP contribution in [0.5, 0.6) is 5.75 Å². The summed E-state index contributed by atoms with van der Waals surface area (Å²) in [6.07, 6.45) is 0. The topological polar surface area (TPSA) is 22.4 Å². The van der Waals surface area contributed by atoms with Crippen LogP contribution in [0.4, 0.5) is 0 Å². The van der Waals surface area contributed by atoms with Crippen molar-refractivity contribution in [3.8, 4) is 5.75 Å². The average Bonchev–Trinajstić information content (AvgIpc) is 2.79. The van der Waals surface area contributed by atoms with Crippen molar-refractivity contribution in [2.24, 2.45) is 0 Å². The maximum Gasteiger partial charge on any atom is 0.146 e. The molecule has 0 saturated carbocycles. The van der Waals surface area contributed by atoms with Gasteiger partial charge in [0.2, 0.25) is 0 Å². The highest BCUT2D eigenvalue weighted by atomic mass is 16.5. The van der Waals surface area contributed by atoms with Crippen LogP contribution < -0.4 is 4.74 Å². The second-order valence-corrected chi connectivity index (χ2v) is 4.81. The Bertz CT molecular complexity index is 710. The molecule has 2 heteroatoms. The lowest BCUT2D eigenvalue weighted by molar-refractivity contribution is 0.273. The van der Waals surface area contributed by atoms with Crippen LogP contribution in [-0.4, -0.2) is 0 Å². The van der Waals surface area contributed by atoms with E-state index in [1.807, 2.05) is 43.3 Å². The van der Waals surface area contributed by atoms with Gasteiger partial charge in [-0.2, -0.15) is 0 Å². The Morgan fingerprint density at radius 2 is 1.84 bits per heavy atom. The van der Waals surface area contributed by atoms with Crippen LogP contribution in [-0.2, 0) is 6.61 Å². The Balaban J connectivity index is 1.80. The van der Waals surface area contributed by atoms with Gasteiger partial charge in [0.1, 0.15) is 23.7 Å². The predicted molar refractivity (Wildman–Crippen MR) is 76.5 cm³/mol. The molecule has 0 atom stereocenters. The maximum atomic E-state index is 5.79. The van der Waals surface area contributed by atoms with Crippen LogP contribution in [0.3, 0.4) is 0 Å². The van der Waals surface area contributed by atoms with Gasteiger partial charge in [-0.05, 0) is 43.2 Å². The van der Waals surface area contributed by atoms with Gasteiger partial charge in [0.05, 0.1) is 0 Å². The molecule has 2 aromatic carbocycles. The number of furan rings is 1. The summed E-state index contributed by atoms with van der Waals surface area (Å²) < 4.78 is 11.6. The molecular weight excluding hydrogens is 236 g/mol. The number of para-hydroxylation sites is 1. The second kappa shape index (κ2) is 4.81. The summed E-state index contributed by atoms with van der Waals surface area (Å²) in [5.74, 6) is 1.75. The van der Waals surface area contributed by atoms with Gasteiger partial charge in [-0.25, -0.2) is 0 Å². The quantitative estimate of drug-likeness (QED) is 0.678. The minimum absolute atomic E-state index is 0.457. The van der Waals surface area contributed by atoms with Crippen molar-refractivity contribution in [3.63, 3.8) is 0 Å². The van der Waals surface area contributed by atoms with Crippen LogP contribution in [0, 0.1) is 13.8 Å². The number of fused-ring (bicyclic) bond motifs is 1. The molecule has 0 aliphatic heterocycles. The van der Waals surface area contributed by atoms with E-state index in [4.69, 9.17) is 9.15 Å². The molecule has 0 aliphatic rings. The molecule has 1 heterocycles. The van der Waals surface area contributed by atoms with E-state index in [1.54, 1.807) is 0 Å². The van der Waals surface area contributed by atoms with Gasteiger partial charge in [-0.15, -0.1) is 0 Å². The van der Waals surface area contributed by atoms with Crippen LogP contribution >= 0.6 is 0 Å². The lowest BCUT2D eigenvalue weighted by atomic mass is 10.2. The summed E-state index contributed by atoms with van der Waals surface area (Å²) in [6.45, 7) is 4.56. The zero-order chi connectivity index (χ0) is 13.2. The molecule has 0 unspecified atom stereocenters. The number of ether oxygens (including phenoxy) is 1. The van der Waals surface area contributed by atoms with Crippen LogP contribution in [0.15, 0.2) is 52.9 Å². The lowest BCUT2D eigenvalue weighted by Gasteiger charge is -2.06. The van der Waals surface area contributed by atoms with Crippen molar-refractivity contribution in [3.05, 3.63) is 65.4 Å². The normalized spacial score (nSPS) is 10.8. The highest BCUT2D eigenvalue weighted by Gasteiger charge is 2.05. The molecule has 0 aliphatic carbocycles. The summed E-state index contributed by atoms with van der Waals surface area (Å²) >= 11 is 0. The van der Waals surface area contributed by atoms with E-state index >= 15 is 0 Å². The number of hydrogen-bond donors (Lipinski definition) is 0. The molecule has 3 rings (SSSR count). The van der Waals surface area contributed by atoms with E-state index in [-0.39, 0.29) is 0 Å². The smallest absolute Gasteiger partial charge is 0.146 e. The standard InChI is InChI=1S/C17H16O2/c1-12-7-8-14-10-15(19-17(14)9-12)11-18-16-6-4-3-5-13(16)2/h3-10H,11H2,1-2H3. The molecule has 0 bridgehead atoms. The molecule has 0 radical (unpaired) electrons. The second-order valence-electron chi connectivity index (χ2n) is 4.81. The van der Waals surface area contributed by atoms with Gasteiger partial charge in [-0.1, -0.05) is 30.3 Å². The molecule has 2 nitrogen and oxygen atoms in total. The van der Waals surface area contributed by atoms with E-state index in [0.29, 0.717) is 6.61 Å². The third-order valence-corrected chi connectivity index (χ3v) is 3.19. The van der Waals surface area contributed by atoms with Gasteiger partial charge in [0.15, 0.2) is 0 Å². The van der Waals surface area contributed by atoms with Crippen molar-refractivity contribution in [1.82, 2.24) is 0 Å². The highest BCUT2D eigenvalue weighted by molar-refractivity contribution is 5.78. The van der Waals surface area contributed by atoms with Crippen molar-refractivity contribution in [1.29, 1.82) is 0 Å². The van der Waals surface area contributed by atoms with Crippen LogP contribution in [0.1, 0.15) is 16.9 Å². The fourth-order valence-corrected chi connectivity index (χ4v) is 2.13. The minimum atomic E-state index is 0.457. The fourth-order valence-electron chi connectivity index (χ4n) is 2.13. The van der Waals surface area contributed by atoms with Crippen molar-refractivity contribution < 1.29 is 9.15 Å². The molecule has 3 aromatic rings. The summed E-state index contributed by atoms with van der Waals surface area (Å²) in [6, 6.07) is 16.2. The maximum absolute atomic E-state index is 5.79. The molecule has 1 aromatic heterocycles. The Kier molecular flexibility index (Phi) is 3.00. The molecule has 0 spiro atoms. The Morgan fingerprint density at radius 3 is 2.68 bits per heavy atom. The van der Waals surface area contributed by atoms with E-state index in [0.717, 1.165) is 28.0 Å². The number of benzene rings is 2. The zero-order valence-electron chi connectivity index (χ0n) is 11.1. The average molecular weight is 252 g/mol. The summed E-state index contributed by atoms with van der Waals surface area (Å²) in [7, 11) is 0. The first-order chi connectivity index (χ1) is 9.22. The van der Waals surface area contributed by atoms with Gasteiger partial charge in [0, 0.05) is 5.39 Å². The molecule has 96 valence electrons. The summed E-state index contributed by atoms with van der Waals surface area (Å²) in [5, 5.41) is 1.12. The van der Waals surface area contributed by atoms with Gasteiger partial charge < -0.3 is 9.15 Å². The van der Waals surface area contributed by atoms with Gasteiger partial charge in [0.25, 0.3) is 0 Å². The van der Waals surface area contributed by atoms with Crippen molar-refractivity contribution >= 4 is 11.0 Å². The molecule has 0 N–H and O–H groups in total. The first-order valence-electron chi connectivity index (χ1n) is 6.40. The molecule has 0 saturated heterocycles. The third kappa shape index (κ3) is 2.48. The third-order valence-electron chi connectivity index (χ3n) is 3.19. The van der Waals surface area contributed by atoms with E-state index in [2.05, 4.69) is 19.1 Å². The first kappa shape index (κ1) is 11.8. The Labute approximate surface area is 112 Å². The van der Waals surface area contributed by atoms with Gasteiger partial charge >= 0.3 is 0 Å². The minimum Gasteiger partial charge on any atom is -0.485 e. The monoisotopic (exact) mass is 252 g/mol. The van der Waals surface area contributed by atoms with Crippen LogP contribution in [0.2, 0.25) is 0 Å². The molecular formula is C17H16O2. The zero-order valence-corrected chi connectivity index (χ0v) is 11.1. The lowest BCUT2D eigenvalue weighted by Crippen LogP contribution is -1.95. The SMILES string of the molecule is Cc1ccc2cc(COc3ccccc3C)oc2c1. The molecule has 19 heavy (non-hydrogen) atoms. The van der Waals surface area contributed by atoms with E-state index in [9.17, 15) is 0 Å². The van der Waals surface area contributed by atoms with Crippen molar-refractivity contribution in [2.45, 2.75) is 20.5 Å². The predicted octanol–water partition coefficient (Wildman–Crippen LogP) is 4.63. The van der Waals surface area contributed by atoms with Crippen molar-refractivity contribution in [2.75, 3.05) is 0 Å². The van der Waals surface area contributed by atoms with E-state index < -0.39 is 0 Å². The summed E-state index contributed by atoms with van der Waals surface area (Å²) in [4.78, 5) is 0. The number of hydrogen-bond acceptors (Lipinski definition) is 2. The summed E-state index contributed by atoms with van der Waals surface area (Å²) in [5.41, 5.74) is 3.26. The molecule has 0 fully saturated rings. The molecule has 0 amide bonds.